The Balaban J connectivity index is 1.77. The van der Waals surface area contributed by atoms with Gasteiger partial charge in [0.2, 0.25) is 5.91 Å². The zero-order chi connectivity index (χ0) is 14.8. The molecule has 1 saturated carbocycles. The van der Waals surface area contributed by atoms with E-state index in [0.29, 0.717) is 17.5 Å². The van der Waals surface area contributed by atoms with Crippen LogP contribution in [0.5, 0.6) is 0 Å². The van der Waals surface area contributed by atoms with Crippen molar-refractivity contribution in [2.24, 2.45) is 11.8 Å². The first-order valence-electron chi connectivity index (χ1n) is 7.84. The van der Waals surface area contributed by atoms with Crippen molar-refractivity contribution in [3.63, 3.8) is 0 Å². The van der Waals surface area contributed by atoms with Crippen LogP contribution in [0.4, 0.5) is 0 Å². The summed E-state index contributed by atoms with van der Waals surface area (Å²) in [5.74, 6) is 0.929. The fourth-order valence-corrected chi connectivity index (χ4v) is 3.45. The van der Waals surface area contributed by atoms with E-state index in [9.17, 15) is 9.90 Å². The number of likely N-dealkylation sites (tertiary alicyclic amines) is 1. The molecule has 1 saturated heterocycles. The van der Waals surface area contributed by atoms with Gasteiger partial charge in [-0.25, -0.2) is 0 Å². The Kier molecular flexibility index (Phi) is 4.51. The van der Waals surface area contributed by atoms with Gasteiger partial charge in [-0.05, 0) is 55.2 Å². The van der Waals surface area contributed by atoms with E-state index in [2.05, 4.69) is 0 Å². The summed E-state index contributed by atoms with van der Waals surface area (Å²) in [6, 6.07) is 7.70. The Morgan fingerprint density at radius 2 is 2.00 bits per heavy atom. The molecule has 2 aliphatic rings. The molecule has 2 unspecified atom stereocenters. The van der Waals surface area contributed by atoms with Crippen molar-refractivity contribution < 1.29 is 9.90 Å². The number of hydrogen-bond acceptors (Lipinski definition) is 2. The Labute approximate surface area is 130 Å². The van der Waals surface area contributed by atoms with Crippen molar-refractivity contribution in [3.05, 3.63) is 34.9 Å². The average Bonchev–Trinajstić information content (AvgIpc) is 3.34. The summed E-state index contributed by atoms with van der Waals surface area (Å²) in [7, 11) is 0. The van der Waals surface area contributed by atoms with Gasteiger partial charge in [0.15, 0.2) is 0 Å². The lowest BCUT2D eigenvalue weighted by molar-refractivity contribution is -0.135. The molecule has 3 nitrogen and oxygen atoms in total. The van der Waals surface area contributed by atoms with Gasteiger partial charge in [-0.2, -0.15) is 0 Å². The van der Waals surface area contributed by atoms with Crippen LogP contribution in [-0.2, 0) is 4.79 Å². The van der Waals surface area contributed by atoms with E-state index in [1.165, 1.54) is 0 Å². The van der Waals surface area contributed by atoms with Crippen LogP contribution >= 0.6 is 11.6 Å². The molecule has 2 fully saturated rings. The molecule has 1 aliphatic heterocycles. The Bertz CT molecular complexity index is 498. The predicted molar refractivity (Wildman–Crippen MR) is 83.3 cm³/mol. The second-order valence-corrected chi connectivity index (χ2v) is 6.78. The van der Waals surface area contributed by atoms with Crippen LogP contribution in [0.25, 0.3) is 0 Å². The summed E-state index contributed by atoms with van der Waals surface area (Å²) in [6.45, 7) is 1.71. The fraction of sp³-hybridized carbons (Fsp3) is 0.588. The number of halogens is 1. The van der Waals surface area contributed by atoms with Crippen LogP contribution in [-0.4, -0.2) is 35.6 Å². The molecule has 1 aromatic carbocycles. The molecular weight excluding hydrogens is 286 g/mol. The average molecular weight is 308 g/mol. The maximum atomic E-state index is 12.9. The maximum absolute atomic E-state index is 12.9. The molecule has 1 aliphatic carbocycles. The zero-order valence-corrected chi connectivity index (χ0v) is 12.9. The minimum absolute atomic E-state index is 0.0280. The lowest BCUT2D eigenvalue weighted by Gasteiger charge is -2.34. The van der Waals surface area contributed by atoms with Crippen molar-refractivity contribution in [2.75, 3.05) is 19.7 Å². The van der Waals surface area contributed by atoms with Gasteiger partial charge in [0.1, 0.15) is 0 Å². The molecule has 4 heteroatoms. The molecule has 0 radical (unpaired) electrons. The first-order chi connectivity index (χ1) is 10.2. The van der Waals surface area contributed by atoms with Gasteiger partial charge in [-0.1, -0.05) is 23.7 Å². The topological polar surface area (TPSA) is 40.5 Å². The largest absolute Gasteiger partial charge is 0.396 e. The minimum Gasteiger partial charge on any atom is -0.396 e. The van der Waals surface area contributed by atoms with Gasteiger partial charge in [0.25, 0.3) is 0 Å². The number of carbonyl (C=O) groups excluding carboxylic acids is 1. The van der Waals surface area contributed by atoms with Crippen LogP contribution in [0.3, 0.4) is 0 Å². The highest BCUT2D eigenvalue weighted by Gasteiger charge is 2.40. The van der Waals surface area contributed by atoms with Crippen LogP contribution in [0.15, 0.2) is 24.3 Å². The van der Waals surface area contributed by atoms with Gasteiger partial charge in [-0.15, -0.1) is 0 Å². The number of aliphatic hydroxyl groups excluding tert-OH is 1. The highest BCUT2D eigenvalue weighted by molar-refractivity contribution is 6.30. The molecule has 0 spiro atoms. The lowest BCUT2D eigenvalue weighted by atomic mass is 9.90. The van der Waals surface area contributed by atoms with Gasteiger partial charge in [0, 0.05) is 24.7 Å². The molecule has 0 bridgehead atoms. The summed E-state index contributed by atoms with van der Waals surface area (Å²) in [4.78, 5) is 14.9. The number of nitrogens with zero attached hydrogens (tertiary/aromatic N) is 1. The smallest absolute Gasteiger partial charge is 0.230 e. The zero-order valence-electron chi connectivity index (χ0n) is 12.2. The minimum atomic E-state index is -0.0280. The summed E-state index contributed by atoms with van der Waals surface area (Å²) in [5, 5.41) is 10.1. The van der Waals surface area contributed by atoms with E-state index in [4.69, 9.17) is 11.6 Å². The Hall–Kier alpha value is -1.06. The Morgan fingerprint density at radius 3 is 2.62 bits per heavy atom. The first-order valence-corrected chi connectivity index (χ1v) is 8.22. The summed E-state index contributed by atoms with van der Waals surface area (Å²) >= 11 is 5.95. The molecule has 1 aromatic rings. The van der Waals surface area contributed by atoms with Crippen LogP contribution in [0.1, 0.15) is 37.2 Å². The Morgan fingerprint density at radius 1 is 1.29 bits per heavy atom. The summed E-state index contributed by atoms with van der Waals surface area (Å²) in [6.07, 6.45) is 4.29. The van der Waals surface area contributed by atoms with E-state index >= 15 is 0 Å². The quantitative estimate of drug-likeness (QED) is 0.928. The number of amides is 1. The first kappa shape index (κ1) is 14.9. The molecule has 21 heavy (non-hydrogen) atoms. The van der Waals surface area contributed by atoms with Gasteiger partial charge >= 0.3 is 0 Å². The second kappa shape index (κ2) is 6.37. The van der Waals surface area contributed by atoms with Gasteiger partial charge in [0.05, 0.1) is 5.92 Å². The third-order valence-electron chi connectivity index (χ3n) is 4.68. The summed E-state index contributed by atoms with van der Waals surface area (Å²) in [5.41, 5.74) is 1.08. The van der Waals surface area contributed by atoms with Crippen molar-refractivity contribution in [1.29, 1.82) is 0 Å². The molecule has 2 atom stereocenters. The van der Waals surface area contributed by atoms with Gasteiger partial charge in [-0.3, -0.25) is 4.79 Å². The molecule has 0 aromatic heterocycles. The molecule has 1 N–H and O–H groups in total. The van der Waals surface area contributed by atoms with E-state index in [-0.39, 0.29) is 24.3 Å². The monoisotopic (exact) mass is 307 g/mol. The number of rotatable bonds is 4. The highest BCUT2D eigenvalue weighted by Crippen LogP contribution is 2.44. The number of carbonyl (C=O) groups is 1. The molecule has 3 rings (SSSR count). The van der Waals surface area contributed by atoms with Crippen molar-refractivity contribution >= 4 is 17.5 Å². The fourth-order valence-electron chi connectivity index (χ4n) is 3.33. The lowest BCUT2D eigenvalue weighted by Crippen LogP contribution is -2.43. The van der Waals surface area contributed by atoms with Crippen LogP contribution < -0.4 is 0 Å². The number of benzene rings is 1. The SMILES string of the molecule is O=C(C(c1ccc(Cl)cc1)C1CC1)N1CCCC(CO)C1. The molecule has 1 heterocycles. The molecule has 114 valence electrons. The summed E-state index contributed by atoms with van der Waals surface area (Å²) < 4.78 is 0. The van der Waals surface area contributed by atoms with Crippen molar-refractivity contribution in [2.45, 2.75) is 31.6 Å². The van der Waals surface area contributed by atoms with E-state index in [1.54, 1.807) is 0 Å². The van der Waals surface area contributed by atoms with E-state index in [0.717, 1.165) is 37.8 Å². The standard InChI is InChI=1S/C17H22ClNO2/c18-15-7-5-14(6-8-15)16(13-3-4-13)17(21)19-9-1-2-12(10-19)11-20/h5-8,12-13,16,20H,1-4,9-11H2. The number of piperidine rings is 1. The number of hydrogen-bond donors (Lipinski definition) is 1. The predicted octanol–water partition coefficient (Wildman–Crippen LogP) is 3.06. The second-order valence-electron chi connectivity index (χ2n) is 6.34. The third kappa shape index (κ3) is 3.41. The van der Waals surface area contributed by atoms with Crippen LogP contribution in [0, 0.1) is 11.8 Å². The van der Waals surface area contributed by atoms with E-state index < -0.39 is 0 Å². The van der Waals surface area contributed by atoms with Crippen molar-refractivity contribution in [1.82, 2.24) is 4.90 Å². The number of aliphatic hydroxyl groups is 1. The van der Waals surface area contributed by atoms with Crippen molar-refractivity contribution in [3.8, 4) is 0 Å². The highest BCUT2D eigenvalue weighted by atomic mass is 35.5. The van der Waals surface area contributed by atoms with E-state index in [1.807, 2.05) is 29.2 Å². The van der Waals surface area contributed by atoms with Gasteiger partial charge < -0.3 is 10.0 Å². The third-order valence-corrected chi connectivity index (χ3v) is 4.93. The molecule has 1 amide bonds. The molecular formula is C17H22ClNO2. The maximum Gasteiger partial charge on any atom is 0.230 e. The normalized spacial score (nSPS) is 23.9. The van der Waals surface area contributed by atoms with Crippen LogP contribution in [0.2, 0.25) is 5.02 Å².